The van der Waals surface area contributed by atoms with Crippen molar-refractivity contribution in [1.82, 2.24) is 25.1 Å². The van der Waals surface area contributed by atoms with Gasteiger partial charge in [-0.2, -0.15) is 10.4 Å². The molecule has 1 fully saturated rings. The van der Waals surface area contributed by atoms with Gasteiger partial charge in [-0.05, 0) is 26.0 Å². The van der Waals surface area contributed by atoms with E-state index in [9.17, 15) is 14.7 Å². The molecule has 4 N–H and O–H groups in total. The number of aliphatic hydroxyl groups is 1. The van der Waals surface area contributed by atoms with E-state index in [4.69, 9.17) is 20.3 Å². The van der Waals surface area contributed by atoms with Crippen LogP contribution in [0, 0.1) is 18.3 Å². The van der Waals surface area contributed by atoms with Gasteiger partial charge in [0, 0.05) is 29.6 Å². The lowest BCUT2D eigenvalue weighted by Crippen LogP contribution is -2.61. The highest BCUT2D eigenvalue weighted by Crippen LogP contribution is 2.28. The van der Waals surface area contributed by atoms with Gasteiger partial charge in [0.2, 0.25) is 0 Å². The Bertz CT molecular complexity index is 1570. The summed E-state index contributed by atoms with van der Waals surface area (Å²) in [5.74, 6) is -0.992. The Morgan fingerprint density at radius 2 is 2.16 bits per heavy atom. The highest BCUT2D eigenvalue weighted by molar-refractivity contribution is 6.06. The number of nitrogens with one attached hydrogen (secondary N) is 1. The molecule has 1 aliphatic rings. The van der Waals surface area contributed by atoms with Crippen LogP contribution < -0.4 is 16.0 Å². The minimum Gasteiger partial charge on any atom is -0.380 e. The third-order valence-electron chi connectivity index (χ3n) is 5.97. The number of carbonyl (C=O) groups excluding carboxylic acids is 2. The number of anilines is 3. The molecule has 14 nitrogen and oxygen atoms in total. The second-order valence-electron chi connectivity index (χ2n) is 8.59. The number of aromatic nitrogens is 5. The molecule has 0 bridgehead atoms. The third kappa shape index (κ3) is 4.22. The molecule has 0 aliphatic carbocycles. The number of nitrogens with zero attached hydrogens (tertiary/aromatic N) is 7. The number of nitrogen functional groups attached to an aromatic ring is 1. The number of hydrogen-bond donors (Lipinski definition) is 3. The van der Waals surface area contributed by atoms with E-state index in [1.54, 1.807) is 25.1 Å². The number of nitrogens with two attached hydrogens (primary N) is 1. The normalized spacial score (nSPS) is 17.4. The molecule has 0 spiro atoms. The SMILES string of the molecule is Cc1cc(N2CCO[C@H](C(C)(O)C(=O)Nc3ccc4c(N)noc4c3)C2=O)nn1-c1cnnc(C#N)c1. The molecule has 1 unspecified atom stereocenters. The first kappa shape index (κ1) is 23.9. The number of rotatable bonds is 5. The van der Waals surface area contributed by atoms with E-state index in [1.165, 1.54) is 34.8 Å². The first-order chi connectivity index (χ1) is 17.7. The Morgan fingerprint density at radius 1 is 1.35 bits per heavy atom. The molecule has 4 heterocycles. The molecular weight excluding hydrogens is 482 g/mol. The van der Waals surface area contributed by atoms with Gasteiger partial charge in [0.25, 0.3) is 11.8 Å². The van der Waals surface area contributed by atoms with Gasteiger partial charge in [-0.3, -0.25) is 14.5 Å². The fraction of sp³-hybridized carbons (Fsp3) is 0.261. The number of ether oxygens (including phenoxy) is 1. The van der Waals surface area contributed by atoms with Gasteiger partial charge in [-0.15, -0.1) is 10.2 Å². The molecule has 1 saturated heterocycles. The predicted octanol–water partition coefficient (Wildman–Crippen LogP) is 0.687. The monoisotopic (exact) mass is 503 g/mol. The summed E-state index contributed by atoms with van der Waals surface area (Å²) in [6, 6.07) is 9.79. The van der Waals surface area contributed by atoms with Gasteiger partial charge in [-0.1, -0.05) is 5.16 Å². The van der Waals surface area contributed by atoms with Crippen LogP contribution in [0.25, 0.3) is 16.7 Å². The largest absolute Gasteiger partial charge is 0.380 e. The number of carbonyl (C=O) groups is 2. The van der Waals surface area contributed by atoms with E-state index >= 15 is 0 Å². The molecule has 0 radical (unpaired) electrons. The first-order valence-corrected chi connectivity index (χ1v) is 11.1. The molecule has 2 amide bonds. The van der Waals surface area contributed by atoms with Crippen LogP contribution in [0.1, 0.15) is 18.3 Å². The number of fused-ring (bicyclic) bond motifs is 1. The van der Waals surface area contributed by atoms with E-state index in [0.29, 0.717) is 28.0 Å². The van der Waals surface area contributed by atoms with E-state index in [0.717, 1.165) is 0 Å². The van der Waals surface area contributed by atoms with Crippen LogP contribution in [0.2, 0.25) is 0 Å². The smallest absolute Gasteiger partial charge is 0.260 e. The number of aryl methyl sites for hydroxylation is 1. The van der Waals surface area contributed by atoms with Gasteiger partial charge in [0.1, 0.15) is 6.07 Å². The molecule has 2 atom stereocenters. The summed E-state index contributed by atoms with van der Waals surface area (Å²) in [6.45, 7) is 3.19. The van der Waals surface area contributed by atoms with Crippen LogP contribution in [0.5, 0.6) is 0 Å². The van der Waals surface area contributed by atoms with Crippen molar-refractivity contribution >= 4 is 40.1 Å². The predicted molar refractivity (Wildman–Crippen MR) is 128 cm³/mol. The van der Waals surface area contributed by atoms with Crippen molar-refractivity contribution in [3.8, 4) is 11.8 Å². The van der Waals surface area contributed by atoms with Gasteiger partial charge in [-0.25, -0.2) is 4.68 Å². The summed E-state index contributed by atoms with van der Waals surface area (Å²) in [5, 5.41) is 39.0. The van der Waals surface area contributed by atoms with Gasteiger partial charge in [0.05, 0.1) is 30.4 Å². The van der Waals surface area contributed by atoms with Crippen molar-refractivity contribution in [2.45, 2.75) is 25.6 Å². The second kappa shape index (κ2) is 8.97. The van der Waals surface area contributed by atoms with Gasteiger partial charge < -0.3 is 25.4 Å². The minimum absolute atomic E-state index is 0.0600. The van der Waals surface area contributed by atoms with E-state index < -0.39 is 23.5 Å². The lowest BCUT2D eigenvalue weighted by Gasteiger charge is -2.37. The minimum atomic E-state index is -2.22. The lowest BCUT2D eigenvalue weighted by atomic mass is 9.95. The molecule has 1 aromatic carbocycles. The Labute approximate surface area is 209 Å². The summed E-state index contributed by atoms with van der Waals surface area (Å²) in [6.07, 6.45) is -0.0575. The highest BCUT2D eigenvalue weighted by atomic mass is 16.5. The first-order valence-electron chi connectivity index (χ1n) is 11.1. The fourth-order valence-electron chi connectivity index (χ4n) is 4.00. The third-order valence-corrected chi connectivity index (χ3v) is 5.97. The molecule has 14 heteroatoms. The standard InChI is InChI=1S/C23H21N9O5/c1-12-7-18(29-32(12)15-8-14(10-24)28-26-11-15)31-5-6-36-19(21(31)33)23(2,35)22(34)27-13-3-4-16-17(9-13)37-30-20(16)25/h3-4,7-9,11,19,35H,5-6H2,1-2H3,(H2,25,30)(H,27,34)/t19-,23?/m0/s1. The van der Waals surface area contributed by atoms with Crippen molar-refractivity contribution in [1.29, 1.82) is 5.26 Å². The van der Waals surface area contributed by atoms with Crippen LogP contribution in [-0.2, 0) is 14.3 Å². The fourth-order valence-corrected chi connectivity index (χ4v) is 4.00. The maximum absolute atomic E-state index is 13.4. The van der Waals surface area contributed by atoms with Crippen molar-refractivity contribution < 1.29 is 24.0 Å². The Balaban J connectivity index is 1.37. The van der Waals surface area contributed by atoms with Crippen molar-refractivity contribution in [2.24, 2.45) is 0 Å². The molecule has 1 aliphatic heterocycles. The average molecular weight is 503 g/mol. The van der Waals surface area contributed by atoms with Crippen LogP contribution >= 0.6 is 0 Å². The van der Waals surface area contributed by atoms with E-state index in [2.05, 4.69) is 25.8 Å². The van der Waals surface area contributed by atoms with Gasteiger partial charge >= 0.3 is 0 Å². The van der Waals surface area contributed by atoms with Crippen LogP contribution in [0.3, 0.4) is 0 Å². The zero-order valence-electron chi connectivity index (χ0n) is 19.7. The molecule has 4 aromatic rings. The number of nitriles is 1. The van der Waals surface area contributed by atoms with Crippen molar-refractivity contribution in [2.75, 3.05) is 29.1 Å². The molecule has 3 aromatic heterocycles. The number of morpholine rings is 1. The summed E-state index contributed by atoms with van der Waals surface area (Å²) in [7, 11) is 0. The van der Waals surface area contributed by atoms with Gasteiger partial charge in [0.15, 0.2) is 34.6 Å². The highest BCUT2D eigenvalue weighted by Gasteiger charge is 2.49. The van der Waals surface area contributed by atoms with Crippen LogP contribution in [0.15, 0.2) is 41.1 Å². The Morgan fingerprint density at radius 3 is 2.95 bits per heavy atom. The van der Waals surface area contributed by atoms with Crippen molar-refractivity contribution in [3.05, 3.63) is 47.9 Å². The lowest BCUT2D eigenvalue weighted by molar-refractivity contribution is -0.165. The zero-order chi connectivity index (χ0) is 26.3. The van der Waals surface area contributed by atoms with Crippen LogP contribution in [0.4, 0.5) is 17.3 Å². The molecule has 188 valence electrons. The number of amides is 2. The average Bonchev–Trinajstić information content (AvgIpc) is 3.46. The maximum Gasteiger partial charge on any atom is 0.260 e. The topological polar surface area (TPSA) is 198 Å². The second-order valence-corrected chi connectivity index (χ2v) is 8.59. The Kier molecular flexibility index (Phi) is 5.78. The summed E-state index contributed by atoms with van der Waals surface area (Å²) >= 11 is 0. The quantitative estimate of drug-likeness (QED) is 0.346. The summed E-state index contributed by atoms with van der Waals surface area (Å²) in [5.41, 5.74) is 5.42. The molecular formula is C23H21N9O5. The Hall–Kier alpha value is -4.87. The maximum atomic E-state index is 13.4. The summed E-state index contributed by atoms with van der Waals surface area (Å²) < 4.78 is 12.2. The molecule has 37 heavy (non-hydrogen) atoms. The van der Waals surface area contributed by atoms with Crippen molar-refractivity contribution in [3.63, 3.8) is 0 Å². The van der Waals surface area contributed by atoms with E-state index in [-0.39, 0.29) is 30.5 Å². The van der Waals surface area contributed by atoms with Crippen LogP contribution in [-0.4, -0.2) is 66.9 Å². The molecule has 5 rings (SSSR count). The molecule has 0 saturated carbocycles. The van der Waals surface area contributed by atoms with E-state index in [1.807, 2.05) is 6.07 Å². The number of hydrogen-bond acceptors (Lipinski definition) is 11. The number of benzene rings is 1. The zero-order valence-corrected chi connectivity index (χ0v) is 19.7. The summed E-state index contributed by atoms with van der Waals surface area (Å²) in [4.78, 5) is 27.7.